The molecule has 1 atom stereocenters. The Morgan fingerprint density at radius 1 is 1.42 bits per heavy atom. The zero-order chi connectivity index (χ0) is 14.6. The third-order valence-electron chi connectivity index (χ3n) is 2.30. The summed E-state index contributed by atoms with van der Waals surface area (Å²) >= 11 is 0. The molecule has 0 saturated carbocycles. The number of aliphatic hydroxyl groups is 1. The highest BCUT2D eigenvalue weighted by Gasteiger charge is 2.39. The van der Waals surface area contributed by atoms with Gasteiger partial charge in [-0.25, -0.2) is 4.79 Å². The van der Waals surface area contributed by atoms with Gasteiger partial charge in [0.05, 0.1) is 6.61 Å². The van der Waals surface area contributed by atoms with E-state index in [0.29, 0.717) is 0 Å². The number of aliphatic hydroxyl groups excluding tert-OH is 1. The molecular formula is C11H12F3NO4. The molecule has 1 aromatic carbocycles. The lowest BCUT2D eigenvalue weighted by Gasteiger charge is -2.18. The molecule has 0 bridgehead atoms. The van der Waals surface area contributed by atoms with Gasteiger partial charge >= 0.3 is 12.1 Å². The molecule has 1 rings (SSSR count). The van der Waals surface area contributed by atoms with Crippen molar-refractivity contribution in [2.75, 3.05) is 13.2 Å². The number of phenolic OH excluding ortho intramolecular Hbond substituents is 1. The largest absolute Gasteiger partial charge is 0.507 e. The van der Waals surface area contributed by atoms with Crippen molar-refractivity contribution >= 4 is 5.97 Å². The summed E-state index contributed by atoms with van der Waals surface area (Å²) in [4.78, 5) is 11.4. The molecule has 0 amide bonds. The van der Waals surface area contributed by atoms with Crippen LogP contribution in [-0.2, 0) is 4.74 Å². The molecular weight excluding hydrogens is 267 g/mol. The van der Waals surface area contributed by atoms with E-state index in [-0.39, 0.29) is 6.61 Å². The Balaban J connectivity index is 3.08. The van der Waals surface area contributed by atoms with Crippen molar-refractivity contribution in [2.24, 2.45) is 5.73 Å². The monoisotopic (exact) mass is 279 g/mol. The second-order valence-electron chi connectivity index (χ2n) is 3.62. The average Bonchev–Trinajstić information content (AvgIpc) is 2.34. The molecule has 0 aromatic heterocycles. The quantitative estimate of drug-likeness (QED) is 0.718. The van der Waals surface area contributed by atoms with E-state index in [9.17, 15) is 23.1 Å². The Labute approximate surface area is 106 Å². The number of alkyl halides is 3. The maximum atomic E-state index is 12.5. The predicted octanol–water partition coefficient (Wildman–Crippen LogP) is 1.10. The van der Waals surface area contributed by atoms with Gasteiger partial charge in [0, 0.05) is 5.56 Å². The zero-order valence-corrected chi connectivity index (χ0v) is 9.65. The smallest absolute Gasteiger partial charge is 0.407 e. The first-order valence-electron chi connectivity index (χ1n) is 5.21. The standard InChI is InChI=1S/C11H12F3NO4/c12-11(13,14)9(15)6-2-1-3-7(8(6)17)10(18)19-5-4-16/h1-3,9,16-17H,4-5,15H2/t9-/m1/s1. The number of halogens is 3. The number of benzene rings is 1. The van der Waals surface area contributed by atoms with Gasteiger partial charge in [0.15, 0.2) is 0 Å². The van der Waals surface area contributed by atoms with Crippen molar-refractivity contribution in [1.82, 2.24) is 0 Å². The lowest BCUT2D eigenvalue weighted by molar-refractivity contribution is -0.149. The lowest BCUT2D eigenvalue weighted by Crippen LogP contribution is -2.28. The highest BCUT2D eigenvalue weighted by molar-refractivity contribution is 5.92. The topological polar surface area (TPSA) is 92.8 Å². The van der Waals surface area contributed by atoms with Crippen molar-refractivity contribution in [2.45, 2.75) is 12.2 Å². The van der Waals surface area contributed by atoms with Crippen LogP contribution in [-0.4, -0.2) is 35.6 Å². The Morgan fingerprint density at radius 2 is 2.05 bits per heavy atom. The van der Waals surface area contributed by atoms with Gasteiger partial charge < -0.3 is 20.7 Å². The van der Waals surface area contributed by atoms with Crippen LogP contribution in [0.4, 0.5) is 13.2 Å². The van der Waals surface area contributed by atoms with Gasteiger partial charge in [-0.1, -0.05) is 12.1 Å². The van der Waals surface area contributed by atoms with Crippen LogP contribution in [0.1, 0.15) is 22.0 Å². The molecule has 0 saturated heterocycles. The average molecular weight is 279 g/mol. The first kappa shape index (κ1) is 15.3. The normalized spacial score (nSPS) is 13.1. The molecule has 0 aliphatic rings. The zero-order valence-electron chi connectivity index (χ0n) is 9.65. The van der Waals surface area contributed by atoms with Crippen LogP contribution in [0.3, 0.4) is 0 Å². The molecule has 8 heteroatoms. The first-order valence-corrected chi connectivity index (χ1v) is 5.21. The van der Waals surface area contributed by atoms with E-state index in [2.05, 4.69) is 4.74 Å². The predicted molar refractivity (Wildman–Crippen MR) is 58.5 cm³/mol. The van der Waals surface area contributed by atoms with E-state index in [4.69, 9.17) is 10.8 Å². The summed E-state index contributed by atoms with van der Waals surface area (Å²) in [5.41, 5.74) is 3.91. The van der Waals surface area contributed by atoms with E-state index in [0.717, 1.165) is 18.2 Å². The number of phenols is 1. The Morgan fingerprint density at radius 3 is 2.58 bits per heavy atom. The second-order valence-corrected chi connectivity index (χ2v) is 3.62. The van der Waals surface area contributed by atoms with Crippen molar-refractivity contribution in [1.29, 1.82) is 0 Å². The van der Waals surface area contributed by atoms with Gasteiger partial charge in [0.2, 0.25) is 0 Å². The van der Waals surface area contributed by atoms with Gasteiger partial charge in [-0.15, -0.1) is 0 Å². The number of carbonyl (C=O) groups is 1. The van der Waals surface area contributed by atoms with Crippen LogP contribution in [0.15, 0.2) is 18.2 Å². The number of para-hydroxylation sites is 1. The molecule has 0 unspecified atom stereocenters. The van der Waals surface area contributed by atoms with E-state index < -0.39 is 41.7 Å². The minimum atomic E-state index is -4.74. The molecule has 106 valence electrons. The Bertz CT molecular complexity index is 462. The number of ether oxygens (including phenoxy) is 1. The SMILES string of the molecule is N[C@H](c1cccc(C(=O)OCCO)c1O)C(F)(F)F. The number of hydrogen-bond donors (Lipinski definition) is 3. The molecule has 0 aliphatic carbocycles. The van der Waals surface area contributed by atoms with E-state index in [1.54, 1.807) is 0 Å². The maximum absolute atomic E-state index is 12.5. The fourth-order valence-electron chi connectivity index (χ4n) is 1.37. The van der Waals surface area contributed by atoms with Crippen LogP contribution >= 0.6 is 0 Å². The molecule has 0 spiro atoms. The Hall–Kier alpha value is -1.80. The van der Waals surface area contributed by atoms with Crippen LogP contribution < -0.4 is 5.73 Å². The second kappa shape index (κ2) is 5.89. The van der Waals surface area contributed by atoms with E-state index in [1.807, 2.05) is 0 Å². The summed E-state index contributed by atoms with van der Waals surface area (Å²) in [5, 5.41) is 18.1. The molecule has 4 N–H and O–H groups in total. The van der Waals surface area contributed by atoms with Gasteiger partial charge in [-0.3, -0.25) is 0 Å². The molecule has 1 aromatic rings. The van der Waals surface area contributed by atoms with Gasteiger partial charge in [-0.2, -0.15) is 13.2 Å². The summed E-state index contributed by atoms with van der Waals surface area (Å²) in [6, 6.07) is 0.812. The molecule has 0 radical (unpaired) electrons. The molecule has 0 heterocycles. The molecule has 0 fully saturated rings. The molecule has 0 aliphatic heterocycles. The van der Waals surface area contributed by atoms with Crippen molar-refractivity contribution in [3.63, 3.8) is 0 Å². The van der Waals surface area contributed by atoms with E-state index >= 15 is 0 Å². The summed E-state index contributed by atoms with van der Waals surface area (Å²) in [6.07, 6.45) is -4.74. The van der Waals surface area contributed by atoms with Crippen LogP contribution in [0.25, 0.3) is 0 Å². The lowest BCUT2D eigenvalue weighted by atomic mass is 10.0. The number of nitrogens with two attached hydrogens (primary N) is 1. The van der Waals surface area contributed by atoms with Crippen LogP contribution in [0.5, 0.6) is 5.75 Å². The third kappa shape index (κ3) is 3.58. The summed E-state index contributed by atoms with van der Waals surface area (Å²) in [6.45, 7) is -0.762. The number of esters is 1. The van der Waals surface area contributed by atoms with Crippen molar-refractivity contribution in [3.05, 3.63) is 29.3 Å². The van der Waals surface area contributed by atoms with Crippen molar-refractivity contribution < 1.29 is 32.9 Å². The van der Waals surface area contributed by atoms with Gasteiger partial charge in [-0.05, 0) is 6.07 Å². The number of rotatable bonds is 4. The first-order chi connectivity index (χ1) is 8.79. The van der Waals surface area contributed by atoms with Gasteiger partial charge in [0.25, 0.3) is 0 Å². The molecule has 5 nitrogen and oxygen atoms in total. The summed E-state index contributed by atoms with van der Waals surface area (Å²) in [5.74, 6) is -1.92. The highest BCUT2D eigenvalue weighted by Crippen LogP contribution is 2.36. The minimum Gasteiger partial charge on any atom is -0.507 e. The fraction of sp³-hybridized carbons (Fsp3) is 0.364. The summed E-state index contributed by atoms with van der Waals surface area (Å²) < 4.78 is 41.9. The number of aromatic hydroxyl groups is 1. The van der Waals surface area contributed by atoms with Crippen LogP contribution in [0.2, 0.25) is 0 Å². The molecule has 19 heavy (non-hydrogen) atoms. The number of hydrogen-bond acceptors (Lipinski definition) is 5. The minimum absolute atomic E-state index is 0.326. The van der Waals surface area contributed by atoms with Crippen LogP contribution in [0, 0.1) is 0 Å². The summed E-state index contributed by atoms with van der Waals surface area (Å²) in [7, 11) is 0. The third-order valence-corrected chi connectivity index (χ3v) is 2.30. The number of carbonyl (C=O) groups excluding carboxylic acids is 1. The van der Waals surface area contributed by atoms with E-state index in [1.165, 1.54) is 0 Å². The fourth-order valence-corrected chi connectivity index (χ4v) is 1.37. The highest BCUT2D eigenvalue weighted by atomic mass is 19.4. The Kier molecular flexibility index (Phi) is 4.73. The maximum Gasteiger partial charge on any atom is 0.407 e. The van der Waals surface area contributed by atoms with Crippen molar-refractivity contribution in [3.8, 4) is 5.75 Å². The van der Waals surface area contributed by atoms with Gasteiger partial charge in [0.1, 0.15) is 24.0 Å².